The molecule has 9 heteroatoms. The van der Waals surface area contributed by atoms with Gasteiger partial charge in [0.1, 0.15) is 12.2 Å². The Labute approximate surface area is 223 Å². The van der Waals surface area contributed by atoms with Gasteiger partial charge in [0.25, 0.3) is 0 Å². The number of benzene rings is 1. The first-order valence-corrected chi connectivity index (χ1v) is 14.0. The predicted molar refractivity (Wildman–Crippen MR) is 145 cm³/mol. The number of nitrogens with one attached hydrogen (secondary N) is 2. The van der Waals surface area contributed by atoms with Gasteiger partial charge in [-0.3, -0.25) is 23.9 Å². The molecule has 9 nitrogen and oxygen atoms in total. The number of Topliss-reactive ketones (excluding diaryl/α,β-unsaturated/α-hetero) is 2. The molecule has 2 aromatic rings. The number of ketones is 2. The Morgan fingerprint density at radius 2 is 1.97 bits per heavy atom. The normalized spacial score (nSPS) is 28.0. The number of rotatable bonds is 4. The molecule has 1 aromatic carbocycles. The maximum atomic E-state index is 13.9. The van der Waals surface area contributed by atoms with Gasteiger partial charge >= 0.3 is 0 Å². The molecule has 2 amide bonds. The molecule has 1 saturated carbocycles. The SMILES string of the molecule is CCC(=O)[C@@H]1C[C@]23CNC(=O)[C@H](C)CCCCCc4cc(NC)cc5c(C(C)=O)nn(c45)CC(=O)N1[C@@H]2C3. The Hall–Kier alpha value is -3.23. The molecule has 4 atom stereocenters. The number of piperidine rings is 1. The van der Waals surface area contributed by atoms with E-state index < -0.39 is 6.04 Å². The molecule has 3 heterocycles. The van der Waals surface area contributed by atoms with Crippen molar-refractivity contribution in [1.82, 2.24) is 20.0 Å². The van der Waals surface area contributed by atoms with E-state index in [4.69, 9.17) is 0 Å². The van der Waals surface area contributed by atoms with Crippen molar-refractivity contribution in [2.45, 2.75) is 90.8 Å². The molecule has 5 rings (SSSR count). The lowest BCUT2D eigenvalue weighted by Crippen LogP contribution is -2.44. The summed E-state index contributed by atoms with van der Waals surface area (Å²) in [6, 6.07) is 3.45. The lowest BCUT2D eigenvalue weighted by molar-refractivity contribution is -0.139. The average molecular weight is 522 g/mol. The molecule has 3 aliphatic rings. The van der Waals surface area contributed by atoms with Crippen molar-refractivity contribution in [3.63, 3.8) is 0 Å². The Morgan fingerprint density at radius 1 is 1.18 bits per heavy atom. The molecule has 0 spiro atoms. The fourth-order valence-electron chi connectivity index (χ4n) is 6.59. The van der Waals surface area contributed by atoms with Gasteiger partial charge in [-0.05, 0) is 49.8 Å². The van der Waals surface area contributed by atoms with Gasteiger partial charge in [0.15, 0.2) is 11.6 Å². The van der Waals surface area contributed by atoms with Crippen LogP contribution in [0, 0.1) is 11.3 Å². The van der Waals surface area contributed by atoms with Crippen molar-refractivity contribution in [1.29, 1.82) is 0 Å². The van der Waals surface area contributed by atoms with E-state index in [9.17, 15) is 19.2 Å². The van der Waals surface area contributed by atoms with Gasteiger partial charge in [-0.15, -0.1) is 0 Å². The van der Waals surface area contributed by atoms with Gasteiger partial charge in [0.05, 0.1) is 11.6 Å². The van der Waals surface area contributed by atoms with Crippen LogP contribution in [0.25, 0.3) is 10.9 Å². The highest BCUT2D eigenvalue weighted by Gasteiger charge is 2.66. The van der Waals surface area contributed by atoms with E-state index in [2.05, 4.69) is 21.8 Å². The fourth-order valence-corrected chi connectivity index (χ4v) is 6.59. The van der Waals surface area contributed by atoms with Crippen LogP contribution >= 0.6 is 0 Å². The van der Waals surface area contributed by atoms with Gasteiger partial charge in [0, 0.05) is 55.4 Å². The van der Waals surface area contributed by atoms with Crippen molar-refractivity contribution in [3.05, 3.63) is 23.4 Å². The van der Waals surface area contributed by atoms with Crippen LogP contribution in [0.3, 0.4) is 0 Å². The molecule has 0 radical (unpaired) electrons. The van der Waals surface area contributed by atoms with E-state index in [0.717, 1.165) is 60.7 Å². The van der Waals surface area contributed by atoms with E-state index in [1.807, 2.05) is 27.0 Å². The minimum absolute atomic E-state index is 0.0286. The van der Waals surface area contributed by atoms with Gasteiger partial charge in [0.2, 0.25) is 11.8 Å². The molecule has 2 bridgehead atoms. The summed E-state index contributed by atoms with van der Waals surface area (Å²) in [6.45, 7) is 5.77. The number of nitrogens with zero attached hydrogens (tertiary/aromatic N) is 3. The number of hydrogen-bond donors (Lipinski definition) is 2. The first kappa shape index (κ1) is 26.4. The molecule has 38 heavy (non-hydrogen) atoms. The number of carbonyl (C=O) groups is 4. The van der Waals surface area contributed by atoms with Crippen LogP contribution in [0.1, 0.15) is 81.8 Å². The predicted octanol–water partition coefficient (Wildman–Crippen LogP) is 3.49. The van der Waals surface area contributed by atoms with Crippen LogP contribution in [0.2, 0.25) is 0 Å². The quantitative estimate of drug-likeness (QED) is 0.596. The summed E-state index contributed by atoms with van der Waals surface area (Å²) in [6.07, 6.45) is 6.19. The Kier molecular flexibility index (Phi) is 7.05. The monoisotopic (exact) mass is 521 g/mol. The van der Waals surface area contributed by atoms with Gasteiger partial charge in [-0.2, -0.15) is 5.10 Å². The second-order valence-electron chi connectivity index (χ2n) is 11.5. The molecule has 1 aliphatic carbocycles. The van der Waals surface area contributed by atoms with Crippen LogP contribution in [-0.4, -0.2) is 63.7 Å². The highest BCUT2D eigenvalue weighted by Crippen LogP contribution is 2.59. The minimum atomic E-state index is -0.482. The zero-order valence-electron chi connectivity index (χ0n) is 22.9. The maximum absolute atomic E-state index is 13.9. The van der Waals surface area contributed by atoms with Gasteiger partial charge in [-0.1, -0.05) is 26.7 Å². The maximum Gasteiger partial charge on any atom is 0.245 e. The first-order valence-electron chi connectivity index (χ1n) is 14.0. The van der Waals surface area contributed by atoms with Crippen molar-refractivity contribution < 1.29 is 19.2 Å². The van der Waals surface area contributed by atoms with Gasteiger partial charge in [-0.25, -0.2) is 0 Å². The number of aromatic nitrogens is 2. The lowest BCUT2D eigenvalue weighted by atomic mass is 9.95. The topological polar surface area (TPSA) is 113 Å². The summed E-state index contributed by atoms with van der Waals surface area (Å²) in [5, 5.41) is 11.7. The lowest BCUT2D eigenvalue weighted by Gasteiger charge is -2.26. The molecule has 204 valence electrons. The molecular formula is C29H39N5O4. The summed E-state index contributed by atoms with van der Waals surface area (Å²) < 4.78 is 1.68. The fraction of sp³-hybridized carbons (Fsp3) is 0.621. The standard InChI is InChI=1S/C29H39N5O4/c1-5-23(36)22-13-29-14-24(29)34(22)25(37)15-33-27-19(10-8-6-7-9-17(2)28(38)31-16-29)11-20(30-4)12-21(27)26(32-33)18(3)35/h11-12,17,22,24,30H,5-10,13-16H2,1-4H3,(H,31,38)/t17-,22+,24-,29+/m1/s1. The largest absolute Gasteiger partial charge is 0.388 e. The molecule has 1 aromatic heterocycles. The second kappa shape index (κ2) is 10.2. The van der Waals surface area contributed by atoms with E-state index >= 15 is 0 Å². The zero-order chi connectivity index (χ0) is 27.2. The average Bonchev–Trinajstić information content (AvgIpc) is 3.31. The summed E-state index contributed by atoms with van der Waals surface area (Å²) in [5.41, 5.74) is 2.88. The number of aryl methyl sites for hydroxylation is 1. The third-order valence-electron chi connectivity index (χ3n) is 8.90. The van der Waals surface area contributed by atoms with E-state index in [-0.39, 0.29) is 47.3 Å². The molecule has 2 aliphatic heterocycles. The number of carbonyl (C=O) groups excluding carboxylic acids is 4. The number of amides is 2. The van der Waals surface area contributed by atoms with E-state index in [1.165, 1.54) is 6.92 Å². The third kappa shape index (κ3) is 4.60. The molecule has 1 saturated heterocycles. The minimum Gasteiger partial charge on any atom is -0.388 e. The Morgan fingerprint density at radius 3 is 2.68 bits per heavy atom. The number of anilines is 1. The smallest absolute Gasteiger partial charge is 0.245 e. The Balaban J connectivity index is 1.57. The van der Waals surface area contributed by atoms with Crippen molar-refractivity contribution in [2.24, 2.45) is 11.3 Å². The highest BCUT2D eigenvalue weighted by atomic mass is 16.2. The van der Waals surface area contributed by atoms with E-state index in [0.29, 0.717) is 25.1 Å². The molecule has 2 fully saturated rings. The van der Waals surface area contributed by atoms with Crippen molar-refractivity contribution in [2.75, 3.05) is 18.9 Å². The van der Waals surface area contributed by atoms with Crippen LogP contribution in [0.15, 0.2) is 12.1 Å². The van der Waals surface area contributed by atoms with E-state index in [1.54, 1.807) is 9.58 Å². The summed E-state index contributed by atoms with van der Waals surface area (Å²) in [4.78, 5) is 54.0. The summed E-state index contributed by atoms with van der Waals surface area (Å²) in [7, 11) is 1.85. The second-order valence-corrected chi connectivity index (χ2v) is 11.5. The first-order chi connectivity index (χ1) is 18.2. The molecular weight excluding hydrogens is 482 g/mol. The van der Waals surface area contributed by atoms with Crippen LogP contribution < -0.4 is 10.6 Å². The van der Waals surface area contributed by atoms with Crippen molar-refractivity contribution >= 4 is 40.0 Å². The number of hydrogen-bond acceptors (Lipinski definition) is 6. The molecule has 2 N–H and O–H groups in total. The van der Waals surface area contributed by atoms with Crippen molar-refractivity contribution in [3.8, 4) is 0 Å². The summed E-state index contributed by atoms with van der Waals surface area (Å²) >= 11 is 0. The zero-order valence-corrected chi connectivity index (χ0v) is 22.9. The van der Waals surface area contributed by atoms with Gasteiger partial charge < -0.3 is 15.5 Å². The Bertz CT molecular complexity index is 1300. The summed E-state index contributed by atoms with van der Waals surface area (Å²) in [5.74, 6) is -0.279. The van der Waals surface area contributed by atoms with Crippen LogP contribution in [-0.2, 0) is 27.3 Å². The van der Waals surface area contributed by atoms with Crippen LogP contribution in [0.5, 0.6) is 0 Å². The highest BCUT2D eigenvalue weighted by molar-refractivity contribution is 6.06. The van der Waals surface area contributed by atoms with Crippen LogP contribution in [0.4, 0.5) is 5.69 Å². The molecule has 0 unspecified atom stereocenters. The third-order valence-corrected chi connectivity index (χ3v) is 8.90.